The number of hydrogen-bond donors (Lipinski definition) is 1. The van der Waals surface area contributed by atoms with Crippen molar-refractivity contribution in [2.45, 2.75) is 38.8 Å². The van der Waals surface area contributed by atoms with E-state index in [9.17, 15) is 14.9 Å². The van der Waals surface area contributed by atoms with Crippen molar-refractivity contribution in [1.82, 2.24) is 4.90 Å². The molecular weight excluding hydrogens is 258 g/mol. The maximum absolute atomic E-state index is 12.1. The molecule has 110 valence electrons. The van der Waals surface area contributed by atoms with E-state index in [1.165, 1.54) is 11.0 Å². The molecule has 0 bridgehead atoms. The summed E-state index contributed by atoms with van der Waals surface area (Å²) in [6.07, 6.45) is 2.51. The second-order valence-electron chi connectivity index (χ2n) is 4.83. The van der Waals surface area contributed by atoms with Gasteiger partial charge in [-0.2, -0.15) is 0 Å². The Morgan fingerprint density at radius 3 is 2.70 bits per heavy atom. The van der Waals surface area contributed by atoms with Gasteiger partial charge in [-0.25, -0.2) is 0 Å². The van der Waals surface area contributed by atoms with Crippen molar-refractivity contribution >= 4 is 11.6 Å². The van der Waals surface area contributed by atoms with Crippen LogP contribution in [0, 0.1) is 10.1 Å². The van der Waals surface area contributed by atoms with Gasteiger partial charge < -0.3 is 10.6 Å². The van der Waals surface area contributed by atoms with Gasteiger partial charge in [0.15, 0.2) is 0 Å². The molecule has 1 aromatic rings. The fraction of sp³-hybridized carbons (Fsp3) is 0.500. The number of carbonyl (C=O) groups excluding carboxylic acids is 1. The molecule has 1 rings (SSSR count). The molecule has 1 amide bonds. The normalized spacial score (nSPS) is 11.9. The molecule has 0 saturated heterocycles. The number of nitro benzene ring substituents is 1. The Labute approximate surface area is 118 Å². The van der Waals surface area contributed by atoms with Gasteiger partial charge in [0.1, 0.15) is 0 Å². The summed E-state index contributed by atoms with van der Waals surface area (Å²) in [6.45, 7) is 2.23. The summed E-state index contributed by atoms with van der Waals surface area (Å²) in [6, 6.07) is 5.88. The Kier molecular flexibility index (Phi) is 6.11. The molecule has 0 aliphatic heterocycles. The molecule has 2 N–H and O–H groups in total. The van der Waals surface area contributed by atoms with Crippen molar-refractivity contribution in [3.8, 4) is 0 Å². The molecule has 0 fully saturated rings. The number of para-hydroxylation sites is 1. The zero-order valence-corrected chi connectivity index (χ0v) is 11.9. The fourth-order valence-electron chi connectivity index (χ4n) is 1.99. The summed E-state index contributed by atoms with van der Waals surface area (Å²) in [5.74, 6) is -0.184. The maximum Gasteiger partial charge on any atom is 0.274 e. The van der Waals surface area contributed by atoms with E-state index in [-0.39, 0.29) is 18.1 Å². The van der Waals surface area contributed by atoms with Gasteiger partial charge in [0.25, 0.3) is 5.69 Å². The lowest BCUT2D eigenvalue weighted by molar-refractivity contribution is -0.385. The minimum absolute atomic E-state index is 0.0225. The molecule has 0 radical (unpaired) electrons. The van der Waals surface area contributed by atoms with Crippen molar-refractivity contribution in [2.24, 2.45) is 5.73 Å². The third-order valence-corrected chi connectivity index (χ3v) is 3.16. The number of likely N-dealkylation sites (N-methyl/N-ethyl adjacent to an activating group) is 1. The number of nitrogens with two attached hydrogens (primary N) is 1. The van der Waals surface area contributed by atoms with Crippen molar-refractivity contribution in [1.29, 1.82) is 0 Å². The number of hydrogen-bond acceptors (Lipinski definition) is 4. The highest BCUT2D eigenvalue weighted by Gasteiger charge is 2.20. The monoisotopic (exact) mass is 279 g/mol. The molecule has 6 heteroatoms. The highest BCUT2D eigenvalue weighted by Crippen LogP contribution is 2.19. The molecule has 0 spiro atoms. The van der Waals surface area contributed by atoms with Crippen LogP contribution >= 0.6 is 0 Å². The summed E-state index contributed by atoms with van der Waals surface area (Å²) < 4.78 is 0. The molecule has 20 heavy (non-hydrogen) atoms. The van der Waals surface area contributed by atoms with E-state index in [0.717, 1.165) is 12.8 Å². The van der Waals surface area contributed by atoms with Crippen LogP contribution in [0.25, 0.3) is 0 Å². The van der Waals surface area contributed by atoms with E-state index < -0.39 is 11.0 Å². The second kappa shape index (κ2) is 7.59. The second-order valence-corrected chi connectivity index (χ2v) is 4.83. The topological polar surface area (TPSA) is 89.5 Å². The standard InChI is InChI=1S/C14H21N3O3/c1-3-4-8-12(15)14(18)16(2)10-11-7-5-6-9-13(11)17(19)20/h5-7,9,12H,3-4,8,10,15H2,1-2H3/t12-/m0/s1. The number of carbonyl (C=O) groups is 1. The molecule has 0 heterocycles. The van der Waals surface area contributed by atoms with Gasteiger partial charge in [-0.05, 0) is 6.42 Å². The third kappa shape index (κ3) is 4.31. The van der Waals surface area contributed by atoms with Crippen molar-refractivity contribution < 1.29 is 9.72 Å². The smallest absolute Gasteiger partial charge is 0.274 e. The zero-order valence-electron chi connectivity index (χ0n) is 11.9. The van der Waals surface area contributed by atoms with Crippen molar-refractivity contribution in [2.75, 3.05) is 7.05 Å². The first-order valence-electron chi connectivity index (χ1n) is 6.70. The van der Waals surface area contributed by atoms with Gasteiger partial charge in [0.05, 0.1) is 17.5 Å². The highest BCUT2D eigenvalue weighted by atomic mass is 16.6. The summed E-state index contributed by atoms with van der Waals surface area (Å²) in [4.78, 5) is 24.0. The minimum atomic E-state index is -0.539. The first kappa shape index (κ1) is 16.1. The van der Waals surface area contributed by atoms with E-state index in [4.69, 9.17) is 5.73 Å². The van der Waals surface area contributed by atoms with Crippen LogP contribution in [0.4, 0.5) is 5.69 Å². The molecular formula is C14H21N3O3. The molecule has 0 unspecified atom stereocenters. The average molecular weight is 279 g/mol. The van der Waals surface area contributed by atoms with Crippen LogP contribution < -0.4 is 5.73 Å². The largest absolute Gasteiger partial charge is 0.340 e. The van der Waals surface area contributed by atoms with Crippen molar-refractivity contribution in [3.05, 3.63) is 39.9 Å². The molecule has 6 nitrogen and oxygen atoms in total. The first-order chi connectivity index (χ1) is 9.47. The lowest BCUT2D eigenvalue weighted by atomic mass is 10.1. The summed E-state index contributed by atoms with van der Waals surface area (Å²) in [5, 5.41) is 10.9. The number of nitro groups is 1. The van der Waals surface area contributed by atoms with Gasteiger partial charge in [-0.15, -0.1) is 0 Å². The molecule has 1 aromatic carbocycles. The number of nitrogens with zero attached hydrogens (tertiary/aromatic N) is 2. The van der Waals surface area contributed by atoms with E-state index in [0.29, 0.717) is 12.0 Å². The van der Waals surface area contributed by atoms with Gasteiger partial charge in [-0.3, -0.25) is 14.9 Å². The lowest BCUT2D eigenvalue weighted by Gasteiger charge is -2.21. The third-order valence-electron chi connectivity index (χ3n) is 3.16. The average Bonchev–Trinajstić information content (AvgIpc) is 2.44. The Balaban J connectivity index is 2.73. The van der Waals surface area contributed by atoms with Crippen LogP contribution in [0.1, 0.15) is 31.7 Å². The van der Waals surface area contributed by atoms with E-state index in [1.807, 2.05) is 6.92 Å². The number of rotatable bonds is 7. The van der Waals surface area contributed by atoms with E-state index in [2.05, 4.69) is 0 Å². The van der Waals surface area contributed by atoms with Gasteiger partial charge in [0.2, 0.25) is 5.91 Å². The molecule has 0 aliphatic carbocycles. The number of amides is 1. The first-order valence-corrected chi connectivity index (χ1v) is 6.70. The number of unbranched alkanes of at least 4 members (excludes halogenated alkanes) is 1. The van der Waals surface area contributed by atoms with E-state index in [1.54, 1.807) is 25.2 Å². The predicted molar refractivity (Wildman–Crippen MR) is 77.1 cm³/mol. The van der Waals surface area contributed by atoms with Gasteiger partial charge >= 0.3 is 0 Å². The van der Waals surface area contributed by atoms with Crippen molar-refractivity contribution in [3.63, 3.8) is 0 Å². The SMILES string of the molecule is CCCC[C@H](N)C(=O)N(C)Cc1ccccc1[N+](=O)[O-]. The van der Waals surface area contributed by atoms with Crippen LogP contribution in [0.15, 0.2) is 24.3 Å². The number of benzene rings is 1. The van der Waals surface area contributed by atoms with Crippen LogP contribution in [-0.2, 0) is 11.3 Å². The summed E-state index contributed by atoms with van der Waals surface area (Å²) in [7, 11) is 1.62. The van der Waals surface area contributed by atoms with Gasteiger partial charge in [0, 0.05) is 18.7 Å². The van der Waals surface area contributed by atoms with Gasteiger partial charge in [-0.1, -0.05) is 38.0 Å². The molecule has 0 saturated carbocycles. The Bertz CT molecular complexity index is 476. The van der Waals surface area contributed by atoms with Crippen LogP contribution in [0.5, 0.6) is 0 Å². The maximum atomic E-state index is 12.1. The van der Waals surface area contributed by atoms with Crippen LogP contribution in [0.2, 0.25) is 0 Å². The molecule has 1 atom stereocenters. The summed E-state index contributed by atoms with van der Waals surface area (Å²) in [5.41, 5.74) is 6.36. The zero-order chi connectivity index (χ0) is 15.1. The van der Waals surface area contributed by atoms with E-state index >= 15 is 0 Å². The predicted octanol–water partition coefficient (Wildman–Crippen LogP) is 2.07. The molecule has 0 aliphatic rings. The highest BCUT2D eigenvalue weighted by molar-refractivity contribution is 5.81. The Hall–Kier alpha value is -1.95. The fourth-order valence-corrected chi connectivity index (χ4v) is 1.99. The van der Waals surface area contributed by atoms with Crippen LogP contribution in [-0.4, -0.2) is 28.8 Å². The minimum Gasteiger partial charge on any atom is -0.340 e. The lowest BCUT2D eigenvalue weighted by Crippen LogP contribution is -2.41. The summed E-state index contributed by atoms with van der Waals surface area (Å²) >= 11 is 0. The Morgan fingerprint density at radius 2 is 2.10 bits per heavy atom. The molecule has 0 aromatic heterocycles. The quantitative estimate of drug-likeness (QED) is 0.611. The van der Waals surface area contributed by atoms with Crippen LogP contribution in [0.3, 0.4) is 0 Å². The Morgan fingerprint density at radius 1 is 1.45 bits per heavy atom.